The number of H-pyrrole nitrogens is 1. The fraction of sp³-hybridized carbons (Fsp3) is 0.545. The number of aromatic amines is 1. The van der Waals surface area contributed by atoms with Crippen molar-refractivity contribution in [3.05, 3.63) is 36.3 Å². The highest BCUT2D eigenvalue weighted by atomic mass is 19.4. The van der Waals surface area contributed by atoms with Crippen molar-refractivity contribution in [2.24, 2.45) is 5.41 Å². The first kappa shape index (κ1) is 32.0. The molecule has 0 radical (unpaired) electrons. The smallest absolute Gasteiger partial charge is 0.433 e. The van der Waals surface area contributed by atoms with Gasteiger partial charge in [-0.1, -0.05) is 19.3 Å². The Morgan fingerprint density at radius 2 is 1.70 bits per heavy atom. The highest BCUT2D eigenvalue weighted by molar-refractivity contribution is 5.91. The largest absolute Gasteiger partial charge is 0.478 e. The number of alkyl halides is 3. The van der Waals surface area contributed by atoms with E-state index in [-0.39, 0.29) is 23.5 Å². The Labute approximate surface area is 266 Å². The summed E-state index contributed by atoms with van der Waals surface area (Å²) in [6, 6.07) is 4.30. The standard InChI is InChI=1S/C33H41F3N8O2/c1-4-46-28-16-22(15-26(40-28)33(34,35)36)23-17-25(43(2)20-32(21-45-3)11-7-5-8-12-32)29-31(39-23)42-30(41-29)24-18-38-27(19-37-24)44-13-9-6-10-14-44/h15-19H,4-14,20-21H2,1-3H3,(H,39,41,42). The molecule has 6 rings (SSSR count). The van der Waals surface area contributed by atoms with Crippen molar-refractivity contribution in [2.45, 2.75) is 64.5 Å². The molecule has 246 valence electrons. The van der Waals surface area contributed by atoms with E-state index in [1.54, 1.807) is 26.4 Å². The van der Waals surface area contributed by atoms with Gasteiger partial charge in [-0.05, 0) is 51.2 Å². The predicted octanol–water partition coefficient (Wildman–Crippen LogP) is 6.92. The first-order valence-electron chi connectivity index (χ1n) is 16.1. The summed E-state index contributed by atoms with van der Waals surface area (Å²) in [4.78, 5) is 30.3. The lowest BCUT2D eigenvalue weighted by atomic mass is 9.74. The van der Waals surface area contributed by atoms with E-state index in [0.29, 0.717) is 41.5 Å². The van der Waals surface area contributed by atoms with E-state index < -0.39 is 11.9 Å². The molecule has 4 aromatic rings. The van der Waals surface area contributed by atoms with Crippen molar-refractivity contribution >= 4 is 22.7 Å². The zero-order chi connectivity index (χ0) is 32.3. The van der Waals surface area contributed by atoms with E-state index in [9.17, 15) is 13.2 Å². The van der Waals surface area contributed by atoms with Gasteiger partial charge >= 0.3 is 6.18 Å². The molecule has 13 heteroatoms. The van der Waals surface area contributed by atoms with Crippen LogP contribution in [0.2, 0.25) is 0 Å². The number of piperidine rings is 1. The maximum Gasteiger partial charge on any atom is 0.433 e. The molecule has 1 saturated heterocycles. The van der Waals surface area contributed by atoms with Gasteiger partial charge in [0.25, 0.3) is 0 Å². The molecule has 46 heavy (non-hydrogen) atoms. The summed E-state index contributed by atoms with van der Waals surface area (Å²) in [6.07, 6.45) is 7.85. The molecule has 0 atom stereocenters. The molecule has 0 spiro atoms. The van der Waals surface area contributed by atoms with Crippen LogP contribution in [0.25, 0.3) is 33.9 Å². The van der Waals surface area contributed by atoms with Crippen LogP contribution in [0.5, 0.6) is 5.88 Å². The number of hydrogen-bond acceptors (Lipinski definition) is 9. The average molecular weight is 639 g/mol. The summed E-state index contributed by atoms with van der Waals surface area (Å²) in [7, 11) is 3.73. The molecule has 1 aliphatic carbocycles. The summed E-state index contributed by atoms with van der Waals surface area (Å²) in [5, 5.41) is 0. The minimum Gasteiger partial charge on any atom is -0.478 e. The number of nitrogens with one attached hydrogen (secondary N) is 1. The van der Waals surface area contributed by atoms with Crippen LogP contribution in [-0.4, -0.2) is 76.9 Å². The number of methoxy groups -OCH3 is 1. The second-order valence-electron chi connectivity index (χ2n) is 12.5. The Hall–Kier alpha value is -4.00. The highest BCUT2D eigenvalue weighted by Crippen LogP contribution is 2.40. The minimum atomic E-state index is -4.66. The van der Waals surface area contributed by atoms with Gasteiger partial charge in [0.15, 0.2) is 11.5 Å². The first-order valence-corrected chi connectivity index (χ1v) is 16.1. The van der Waals surface area contributed by atoms with E-state index >= 15 is 0 Å². The van der Waals surface area contributed by atoms with Crippen LogP contribution in [0.4, 0.5) is 24.7 Å². The highest BCUT2D eigenvalue weighted by Gasteiger charge is 2.35. The van der Waals surface area contributed by atoms with Gasteiger partial charge in [-0.15, -0.1) is 0 Å². The van der Waals surface area contributed by atoms with Crippen molar-refractivity contribution in [3.8, 4) is 28.7 Å². The summed E-state index contributed by atoms with van der Waals surface area (Å²) in [5.74, 6) is 1.20. The maximum atomic E-state index is 13.9. The average Bonchev–Trinajstić information content (AvgIpc) is 3.49. The van der Waals surface area contributed by atoms with Gasteiger partial charge in [-0.2, -0.15) is 13.2 Å². The molecule has 2 fully saturated rings. The number of hydrogen-bond donors (Lipinski definition) is 1. The molecule has 0 aromatic carbocycles. The van der Waals surface area contributed by atoms with Crippen LogP contribution in [-0.2, 0) is 10.9 Å². The van der Waals surface area contributed by atoms with Gasteiger partial charge in [0, 0.05) is 50.8 Å². The second-order valence-corrected chi connectivity index (χ2v) is 12.5. The number of ether oxygens (including phenoxy) is 2. The summed E-state index contributed by atoms with van der Waals surface area (Å²) >= 11 is 0. The fourth-order valence-corrected chi connectivity index (χ4v) is 6.84. The molecule has 1 saturated carbocycles. The normalized spacial score (nSPS) is 17.0. The SMILES string of the molecule is CCOc1cc(-c2cc(N(C)CC3(COC)CCCCC3)c3[nH]c(-c4cnc(N5CCCCC5)cn4)nc3n2)cc(C(F)(F)F)n1. The number of rotatable bonds is 10. The summed E-state index contributed by atoms with van der Waals surface area (Å²) in [6.45, 7) is 5.13. The molecule has 0 bridgehead atoms. The summed E-state index contributed by atoms with van der Waals surface area (Å²) < 4.78 is 52.8. The number of pyridine rings is 2. The maximum absolute atomic E-state index is 13.9. The van der Waals surface area contributed by atoms with Gasteiger partial charge in [-0.25, -0.2) is 24.9 Å². The second kappa shape index (κ2) is 13.4. The Bertz CT molecular complexity index is 1630. The third-order valence-electron chi connectivity index (χ3n) is 9.03. The van der Waals surface area contributed by atoms with Crippen molar-refractivity contribution in [3.63, 3.8) is 0 Å². The van der Waals surface area contributed by atoms with E-state index in [1.807, 2.05) is 13.1 Å². The van der Waals surface area contributed by atoms with Gasteiger partial charge in [0.05, 0.1) is 37.0 Å². The number of anilines is 2. The van der Waals surface area contributed by atoms with Crippen molar-refractivity contribution < 1.29 is 22.6 Å². The zero-order valence-electron chi connectivity index (χ0n) is 26.7. The quantitative estimate of drug-likeness (QED) is 0.198. The van der Waals surface area contributed by atoms with Crippen LogP contribution in [0.15, 0.2) is 30.6 Å². The van der Waals surface area contributed by atoms with Crippen LogP contribution >= 0.6 is 0 Å². The van der Waals surface area contributed by atoms with E-state index in [1.165, 1.54) is 18.9 Å². The molecular formula is C33H41F3N8O2. The number of nitrogens with zero attached hydrogens (tertiary/aromatic N) is 7. The minimum absolute atomic E-state index is 0.0433. The predicted molar refractivity (Wildman–Crippen MR) is 171 cm³/mol. The lowest BCUT2D eigenvalue weighted by Crippen LogP contribution is -2.40. The van der Waals surface area contributed by atoms with E-state index in [2.05, 4.69) is 29.7 Å². The van der Waals surface area contributed by atoms with Crippen LogP contribution in [0.1, 0.15) is 64.0 Å². The fourth-order valence-electron chi connectivity index (χ4n) is 6.84. The molecule has 4 aromatic heterocycles. The van der Waals surface area contributed by atoms with Crippen molar-refractivity contribution in [1.82, 2.24) is 29.9 Å². The lowest BCUT2D eigenvalue weighted by Gasteiger charge is -2.40. The van der Waals surface area contributed by atoms with Gasteiger partial charge in [0.2, 0.25) is 5.88 Å². The van der Waals surface area contributed by atoms with Gasteiger partial charge in [0.1, 0.15) is 22.7 Å². The van der Waals surface area contributed by atoms with Gasteiger partial charge in [-0.3, -0.25) is 0 Å². The molecule has 0 amide bonds. The van der Waals surface area contributed by atoms with Crippen LogP contribution < -0.4 is 14.5 Å². The number of fused-ring (bicyclic) bond motifs is 1. The first-order chi connectivity index (χ1) is 22.2. The Morgan fingerprint density at radius 1 is 0.935 bits per heavy atom. The third-order valence-corrected chi connectivity index (χ3v) is 9.03. The summed E-state index contributed by atoms with van der Waals surface area (Å²) in [5.41, 5.74) is 1.83. The molecule has 10 nitrogen and oxygen atoms in total. The van der Waals surface area contributed by atoms with Crippen LogP contribution in [0, 0.1) is 5.41 Å². The molecule has 1 N–H and O–H groups in total. The zero-order valence-corrected chi connectivity index (χ0v) is 26.7. The Morgan fingerprint density at radius 3 is 2.37 bits per heavy atom. The molecular weight excluding hydrogens is 597 g/mol. The topological polar surface area (TPSA) is 105 Å². The van der Waals surface area contributed by atoms with Crippen molar-refractivity contribution in [1.29, 1.82) is 0 Å². The molecule has 2 aliphatic rings. The Kier molecular flexibility index (Phi) is 9.30. The third kappa shape index (κ3) is 6.89. The Balaban J connectivity index is 1.44. The van der Waals surface area contributed by atoms with E-state index in [4.69, 9.17) is 19.4 Å². The molecule has 5 heterocycles. The van der Waals surface area contributed by atoms with Crippen molar-refractivity contribution in [2.75, 3.05) is 56.8 Å². The lowest BCUT2D eigenvalue weighted by molar-refractivity contribution is -0.141. The van der Waals surface area contributed by atoms with E-state index in [0.717, 1.165) is 69.2 Å². The monoisotopic (exact) mass is 638 g/mol. The molecule has 1 aliphatic heterocycles. The number of imidazole rings is 1. The molecule has 0 unspecified atom stereocenters. The van der Waals surface area contributed by atoms with Gasteiger partial charge < -0.3 is 24.3 Å². The number of aromatic nitrogens is 6. The van der Waals surface area contributed by atoms with Crippen LogP contribution in [0.3, 0.4) is 0 Å². The number of halogens is 3.